The molecule has 0 spiro atoms. The number of hydrogen-bond donors (Lipinski definition) is 0. The maximum absolute atomic E-state index is 12.6. The number of ether oxygens (including phenoxy) is 3. The third-order valence-electron chi connectivity index (χ3n) is 4.17. The summed E-state index contributed by atoms with van der Waals surface area (Å²) in [5, 5.41) is 0. The Morgan fingerprint density at radius 1 is 0.700 bits per heavy atom. The molecule has 0 aliphatic rings. The first-order valence-electron chi connectivity index (χ1n) is 9.45. The van der Waals surface area contributed by atoms with E-state index in [1.54, 1.807) is 39.3 Å². The van der Waals surface area contributed by atoms with Gasteiger partial charge in [0, 0.05) is 13.2 Å². The Hall–Kier alpha value is -2.92. The van der Waals surface area contributed by atoms with Crippen molar-refractivity contribution in [2.45, 2.75) is 27.4 Å². The van der Waals surface area contributed by atoms with E-state index in [1.165, 1.54) is 36.4 Å². The standard InChI is InChI=1S/C9H12O.2C8H9FO/c1-8-3-5-9(6-4-8)7-10-2;1-6-5-7(10-2)3-4-8(6)9;1-6-3-4-7(9)5-8(6)10-2/h3-6H,7H2,1-2H3;2*3-5H,1-2H3. The molecule has 0 atom stereocenters. The van der Waals surface area contributed by atoms with Crippen LogP contribution in [-0.4, -0.2) is 21.3 Å². The minimum atomic E-state index is -0.262. The molecule has 162 valence electrons. The Kier molecular flexibility index (Phi) is 11.2. The molecule has 0 unspecified atom stereocenters. The van der Waals surface area contributed by atoms with Crippen molar-refractivity contribution in [2.24, 2.45) is 0 Å². The van der Waals surface area contributed by atoms with Crippen LogP contribution < -0.4 is 9.47 Å². The first-order valence-corrected chi connectivity index (χ1v) is 9.45. The number of benzene rings is 3. The third kappa shape index (κ3) is 9.05. The van der Waals surface area contributed by atoms with Crippen molar-refractivity contribution >= 4 is 0 Å². The van der Waals surface area contributed by atoms with Crippen LogP contribution in [0.1, 0.15) is 22.3 Å². The maximum atomic E-state index is 12.6. The van der Waals surface area contributed by atoms with Gasteiger partial charge in [-0.3, -0.25) is 0 Å². The Bertz CT molecular complexity index is 893. The first-order chi connectivity index (χ1) is 14.3. The van der Waals surface area contributed by atoms with Crippen LogP contribution in [0.2, 0.25) is 0 Å². The minimum Gasteiger partial charge on any atom is -0.497 e. The molecule has 0 aliphatic carbocycles. The van der Waals surface area contributed by atoms with Crippen molar-refractivity contribution in [1.82, 2.24) is 0 Å². The van der Waals surface area contributed by atoms with Gasteiger partial charge in [-0.05, 0) is 61.7 Å². The average Bonchev–Trinajstić information content (AvgIpc) is 2.74. The number of halogens is 2. The molecule has 3 nitrogen and oxygen atoms in total. The Balaban J connectivity index is 0.000000225. The molecule has 0 bridgehead atoms. The van der Waals surface area contributed by atoms with E-state index in [0.717, 1.165) is 5.56 Å². The molecule has 5 heteroatoms. The van der Waals surface area contributed by atoms with Gasteiger partial charge in [0.1, 0.15) is 23.1 Å². The molecule has 0 heterocycles. The molecular weight excluding hydrogens is 386 g/mol. The highest BCUT2D eigenvalue weighted by Crippen LogP contribution is 2.17. The summed E-state index contributed by atoms with van der Waals surface area (Å²) in [6, 6.07) is 17.5. The van der Waals surface area contributed by atoms with Gasteiger partial charge >= 0.3 is 0 Å². The average molecular weight is 417 g/mol. The van der Waals surface area contributed by atoms with Gasteiger partial charge in [-0.25, -0.2) is 8.78 Å². The van der Waals surface area contributed by atoms with Gasteiger partial charge in [-0.2, -0.15) is 0 Å². The number of aryl methyl sites for hydroxylation is 3. The van der Waals surface area contributed by atoms with Crippen molar-refractivity contribution in [3.05, 3.63) is 94.6 Å². The van der Waals surface area contributed by atoms with Crippen LogP contribution in [0.3, 0.4) is 0 Å². The number of rotatable bonds is 4. The van der Waals surface area contributed by atoms with Gasteiger partial charge < -0.3 is 14.2 Å². The van der Waals surface area contributed by atoms with Crippen LogP contribution in [0.15, 0.2) is 60.7 Å². The van der Waals surface area contributed by atoms with E-state index in [-0.39, 0.29) is 11.6 Å². The van der Waals surface area contributed by atoms with Crippen LogP contribution in [0.4, 0.5) is 8.78 Å². The molecule has 3 aromatic rings. The fourth-order valence-electron chi connectivity index (χ4n) is 2.39. The Labute approximate surface area is 178 Å². The van der Waals surface area contributed by atoms with Crippen LogP contribution >= 0.6 is 0 Å². The SMILES string of the molecule is COCc1ccc(C)cc1.COc1cc(F)ccc1C.COc1ccc(F)c(C)c1. The molecule has 0 radical (unpaired) electrons. The van der Waals surface area contributed by atoms with E-state index < -0.39 is 0 Å². The van der Waals surface area contributed by atoms with E-state index in [9.17, 15) is 8.78 Å². The predicted octanol–water partition coefficient (Wildman–Crippen LogP) is 6.43. The van der Waals surface area contributed by atoms with Crippen molar-refractivity contribution in [2.75, 3.05) is 21.3 Å². The lowest BCUT2D eigenvalue weighted by molar-refractivity contribution is 0.185. The molecule has 0 saturated heterocycles. The van der Waals surface area contributed by atoms with Gasteiger partial charge in [-0.1, -0.05) is 35.9 Å². The second-order valence-electron chi connectivity index (χ2n) is 6.65. The monoisotopic (exact) mass is 416 g/mol. The molecule has 0 amide bonds. The van der Waals surface area contributed by atoms with E-state index >= 15 is 0 Å². The van der Waals surface area contributed by atoms with Crippen molar-refractivity contribution < 1.29 is 23.0 Å². The summed E-state index contributed by atoms with van der Waals surface area (Å²) in [6.07, 6.45) is 0. The minimum absolute atomic E-state index is 0.194. The molecule has 0 aliphatic heterocycles. The zero-order chi connectivity index (χ0) is 22.5. The first kappa shape index (κ1) is 25.1. The predicted molar refractivity (Wildman–Crippen MR) is 117 cm³/mol. The second-order valence-corrected chi connectivity index (χ2v) is 6.65. The van der Waals surface area contributed by atoms with Gasteiger partial charge in [0.2, 0.25) is 0 Å². The van der Waals surface area contributed by atoms with Crippen LogP contribution in [0.25, 0.3) is 0 Å². The smallest absolute Gasteiger partial charge is 0.126 e. The summed E-state index contributed by atoms with van der Waals surface area (Å²) >= 11 is 0. The summed E-state index contributed by atoms with van der Waals surface area (Å²) in [6.45, 7) is 6.37. The lowest BCUT2D eigenvalue weighted by Gasteiger charge is -2.02. The van der Waals surface area contributed by atoms with E-state index in [1.807, 2.05) is 6.92 Å². The highest BCUT2D eigenvalue weighted by molar-refractivity contribution is 5.32. The molecule has 0 aromatic heterocycles. The lowest BCUT2D eigenvalue weighted by atomic mass is 10.2. The molecular formula is C25H30F2O3. The Morgan fingerprint density at radius 3 is 1.87 bits per heavy atom. The quantitative estimate of drug-likeness (QED) is 0.491. The van der Waals surface area contributed by atoms with Crippen molar-refractivity contribution in [1.29, 1.82) is 0 Å². The van der Waals surface area contributed by atoms with Crippen LogP contribution in [0, 0.1) is 32.4 Å². The summed E-state index contributed by atoms with van der Waals surface area (Å²) < 4.78 is 39.8. The Morgan fingerprint density at radius 2 is 1.37 bits per heavy atom. The van der Waals surface area contributed by atoms with Crippen LogP contribution in [0.5, 0.6) is 11.5 Å². The fourth-order valence-corrected chi connectivity index (χ4v) is 2.39. The number of methoxy groups -OCH3 is 3. The maximum Gasteiger partial charge on any atom is 0.126 e. The summed E-state index contributed by atoms with van der Waals surface area (Å²) in [5.41, 5.74) is 4.08. The molecule has 30 heavy (non-hydrogen) atoms. The number of hydrogen-bond acceptors (Lipinski definition) is 3. The molecule has 3 rings (SSSR count). The summed E-state index contributed by atoms with van der Waals surface area (Å²) in [7, 11) is 4.80. The topological polar surface area (TPSA) is 27.7 Å². The summed E-state index contributed by atoms with van der Waals surface area (Å²) in [4.78, 5) is 0. The van der Waals surface area contributed by atoms with Crippen molar-refractivity contribution in [3.63, 3.8) is 0 Å². The largest absolute Gasteiger partial charge is 0.497 e. The molecule has 0 N–H and O–H groups in total. The lowest BCUT2D eigenvalue weighted by Crippen LogP contribution is -1.87. The van der Waals surface area contributed by atoms with Gasteiger partial charge in [0.25, 0.3) is 0 Å². The van der Waals surface area contributed by atoms with E-state index in [0.29, 0.717) is 23.7 Å². The molecule has 3 aromatic carbocycles. The third-order valence-corrected chi connectivity index (χ3v) is 4.17. The van der Waals surface area contributed by atoms with E-state index in [4.69, 9.17) is 14.2 Å². The fraction of sp³-hybridized carbons (Fsp3) is 0.280. The zero-order valence-electron chi connectivity index (χ0n) is 18.5. The second kappa shape index (κ2) is 13.3. The van der Waals surface area contributed by atoms with E-state index in [2.05, 4.69) is 31.2 Å². The van der Waals surface area contributed by atoms with Gasteiger partial charge in [0.15, 0.2) is 0 Å². The highest BCUT2D eigenvalue weighted by atomic mass is 19.1. The van der Waals surface area contributed by atoms with Gasteiger partial charge in [-0.15, -0.1) is 0 Å². The normalized spacial score (nSPS) is 9.60. The zero-order valence-corrected chi connectivity index (χ0v) is 18.5. The van der Waals surface area contributed by atoms with Crippen LogP contribution in [-0.2, 0) is 11.3 Å². The van der Waals surface area contributed by atoms with Crippen molar-refractivity contribution in [3.8, 4) is 11.5 Å². The van der Waals surface area contributed by atoms with Gasteiger partial charge in [0.05, 0.1) is 20.8 Å². The highest BCUT2D eigenvalue weighted by Gasteiger charge is 1.98. The summed E-state index contributed by atoms with van der Waals surface area (Å²) in [5.74, 6) is 0.835. The molecule has 0 saturated carbocycles. The molecule has 0 fully saturated rings.